The van der Waals surface area contributed by atoms with Gasteiger partial charge in [-0.25, -0.2) is 4.79 Å². The minimum absolute atomic E-state index is 0.00208. The molecular formula is C28H35N3O12S2. The lowest BCUT2D eigenvalue weighted by Gasteiger charge is -2.49. The summed E-state index contributed by atoms with van der Waals surface area (Å²) in [6, 6.07) is 4.53. The zero-order valence-electron chi connectivity index (χ0n) is 25.6. The first-order chi connectivity index (χ1) is 21.1. The molecule has 1 saturated heterocycles. The predicted octanol–water partition coefficient (Wildman–Crippen LogP) is 1.05. The Balaban J connectivity index is 1.71. The van der Waals surface area contributed by atoms with E-state index in [-0.39, 0.29) is 29.6 Å². The maximum atomic E-state index is 13.2. The van der Waals surface area contributed by atoms with E-state index in [9.17, 15) is 32.4 Å². The fraction of sp³-hybridized carbons (Fsp3) is 0.500. The Morgan fingerprint density at radius 2 is 1.78 bits per heavy atom. The molecule has 0 bridgehead atoms. The van der Waals surface area contributed by atoms with Crippen molar-refractivity contribution in [2.24, 2.45) is 10.6 Å². The van der Waals surface area contributed by atoms with Crippen LogP contribution in [0.3, 0.4) is 0 Å². The Hall–Kier alpha value is -3.80. The minimum Gasteiger partial charge on any atom is -0.427 e. The van der Waals surface area contributed by atoms with E-state index in [4.69, 9.17) is 23.2 Å². The van der Waals surface area contributed by atoms with Crippen LogP contribution < -0.4 is 5.32 Å². The van der Waals surface area contributed by atoms with Crippen molar-refractivity contribution < 1.29 is 55.6 Å². The molecule has 0 aliphatic carbocycles. The van der Waals surface area contributed by atoms with E-state index in [1.165, 1.54) is 31.0 Å². The second kappa shape index (κ2) is 15.0. The summed E-state index contributed by atoms with van der Waals surface area (Å²) >= 11 is 1.22. The van der Waals surface area contributed by atoms with Gasteiger partial charge in [-0.2, -0.15) is 8.42 Å². The molecule has 1 aromatic rings. The van der Waals surface area contributed by atoms with Gasteiger partial charge in [-0.3, -0.25) is 28.3 Å². The van der Waals surface area contributed by atoms with Gasteiger partial charge in [0.1, 0.15) is 30.3 Å². The topological polar surface area (TPSA) is 193 Å². The second-order valence-corrected chi connectivity index (χ2v) is 13.5. The highest BCUT2D eigenvalue weighted by Crippen LogP contribution is 2.40. The molecule has 0 radical (unpaired) electrons. The molecule has 3 rings (SSSR count). The van der Waals surface area contributed by atoms with Crippen molar-refractivity contribution in [1.29, 1.82) is 0 Å². The SMILES string of the molecule is CCO/N=C(\C(=O)COS(=O)(=O)c1ccc(C)cc1)C(=O)NC1C(=O)N2C(C(=O)OCOC(=O)C(C)(C)C)=C(COC)CS[C@H]12. The number of nitrogens with one attached hydrogen (secondary N) is 1. The first kappa shape index (κ1) is 35.7. The van der Waals surface area contributed by atoms with Gasteiger partial charge in [-0.1, -0.05) is 22.9 Å². The number of aryl methyl sites for hydroxylation is 1. The van der Waals surface area contributed by atoms with Crippen LogP contribution >= 0.6 is 11.8 Å². The highest BCUT2D eigenvalue weighted by Gasteiger charge is 2.55. The Morgan fingerprint density at radius 1 is 1.11 bits per heavy atom. The molecule has 2 heterocycles. The van der Waals surface area contributed by atoms with Crippen molar-refractivity contribution in [3.63, 3.8) is 0 Å². The first-order valence-corrected chi connectivity index (χ1v) is 16.1. The molecule has 246 valence electrons. The van der Waals surface area contributed by atoms with Crippen LogP contribution in [0.4, 0.5) is 0 Å². The standard InChI is InChI=1S/C28H35N3O12S2/c1-7-42-30-20(19(32)13-43-45(37,38)18-10-8-16(2)9-11-18)23(33)29-21-24(34)31-22(17(12-39-6)14-44-25(21)31)26(35)40-15-41-27(36)28(3,4)5/h8-11,21,25H,7,12-15H2,1-6H3,(H,29,33)/b30-20+/t21?,25-/m1/s1. The molecule has 2 atom stereocenters. The summed E-state index contributed by atoms with van der Waals surface area (Å²) in [6.45, 7) is 6.44. The summed E-state index contributed by atoms with van der Waals surface area (Å²) in [4.78, 5) is 70.0. The summed E-state index contributed by atoms with van der Waals surface area (Å²) < 4.78 is 45.2. The molecule has 1 N–H and O–H groups in total. The summed E-state index contributed by atoms with van der Waals surface area (Å²) in [5.41, 5.74) is -0.518. The third kappa shape index (κ3) is 8.68. The van der Waals surface area contributed by atoms with E-state index in [1.54, 1.807) is 46.8 Å². The van der Waals surface area contributed by atoms with E-state index in [0.29, 0.717) is 5.57 Å². The number of fused-ring (bicyclic) bond motifs is 1. The Kier molecular flexibility index (Phi) is 11.9. The number of thioether (sulfide) groups is 1. The van der Waals surface area contributed by atoms with Gasteiger partial charge in [0.2, 0.25) is 18.3 Å². The van der Waals surface area contributed by atoms with E-state index in [2.05, 4.69) is 10.5 Å². The van der Waals surface area contributed by atoms with Crippen LogP contribution in [0.1, 0.15) is 33.3 Å². The highest BCUT2D eigenvalue weighted by molar-refractivity contribution is 8.00. The number of carbonyl (C=O) groups is 5. The molecule has 2 aliphatic rings. The Labute approximate surface area is 264 Å². The van der Waals surface area contributed by atoms with Crippen LogP contribution in [-0.4, -0.2) is 99.5 Å². The summed E-state index contributed by atoms with van der Waals surface area (Å²) in [5, 5.41) is 5.15. The molecule has 45 heavy (non-hydrogen) atoms. The number of benzene rings is 1. The number of hydrogen-bond acceptors (Lipinski definition) is 14. The van der Waals surface area contributed by atoms with Crippen molar-refractivity contribution >= 4 is 57.1 Å². The van der Waals surface area contributed by atoms with Crippen LogP contribution in [0.25, 0.3) is 0 Å². The molecule has 0 saturated carbocycles. The number of nitrogens with zero attached hydrogens (tertiary/aromatic N) is 2. The van der Waals surface area contributed by atoms with Gasteiger partial charge >= 0.3 is 11.9 Å². The lowest BCUT2D eigenvalue weighted by Crippen LogP contribution is -2.71. The van der Waals surface area contributed by atoms with Gasteiger partial charge in [-0.05, 0) is 52.3 Å². The van der Waals surface area contributed by atoms with Gasteiger partial charge in [0, 0.05) is 12.9 Å². The average molecular weight is 670 g/mol. The highest BCUT2D eigenvalue weighted by atomic mass is 32.2. The van der Waals surface area contributed by atoms with Gasteiger partial charge < -0.3 is 24.4 Å². The molecule has 2 amide bonds. The van der Waals surface area contributed by atoms with Crippen LogP contribution in [0, 0.1) is 12.3 Å². The molecule has 15 nitrogen and oxygen atoms in total. The number of Topliss-reactive ketones (excluding diaryl/α,β-unsaturated/α-hetero) is 1. The van der Waals surface area contributed by atoms with Gasteiger partial charge in [0.15, 0.2) is 0 Å². The smallest absolute Gasteiger partial charge is 0.358 e. The molecule has 1 fully saturated rings. The number of ketones is 1. The first-order valence-electron chi connectivity index (χ1n) is 13.6. The van der Waals surface area contributed by atoms with Gasteiger partial charge in [0.25, 0.3) is 21.9 Å². The number of hydrogen-bond donors (Lipinski definition) is 1. The monoisotopic (exact) mass is 669 g/mol. The van der Waals surface area contributed by atoms with Crippen molar-refractivity contribution in [1.82, 2.24) is 10.2 Å². The number of carbonyl (C=O) groups excluding carboxylic acids is 5. The second-order valence-electron chi connectivity index (χ2n) is 10.8. The molecule has 17 heteroatoms. The predicted molar refractivity (Wildman–Crippen MR) is 159 cm³/mol. The fourth-order valence-corrected chi connectivity index (χ4v) is 6.10. The van der Waals surface area contributed by atoms with Gasteiger partial charge in [-0.15, -0.1) is 11.8 Å². The summed E-state index contributed by atoms with van der Waals surface area (Å²) in [5.74, 6) is -4.24. The number of oxime groups is 1. The zero-order chi connectivity index (χ0) is 33.5. The molecule has 1 unspecified atom stereocenters. The van der Waals surface area contributed by atoms with E-state index in [0.717, 1.165) is 10.5 Å². The number of amides is 2. The van der Waals surface area contributed by atoms with Crippen molar-refractivity contribution in [3.8, 4) is 0 Å². The quantitative estimate of drug-likeness (QED) is 0.0563. The number of ether oxygens (including phenoxy) is 3. The fourth-order valence-electron chi connectivity index (χ4n) is 3.91. The van der Waals surface area contributed by atoms with Crippen LogP contribution in [0.15, 0.2) is 45.6 Å². The van der Waals surface area contributed by atoms with Crippen LogP contribution in [-0.2, 0) is 57.3 Å². The van der Waals surface area contributed by atoms with Crippen LogP contribution in [0.5, 0.6) is 0 Å². The number of esters is 2. The van der Waals surface area contributed by atoms with Crippen LogP contribution in [0.2, 0.25) is 0 Å². The molecule has 2 aliphatic heterocycles. The minimum atomic E-state index is -4.34. The number of rotatable bonds is 14. The average Bonchev–Trinajstić information content (AvgIpc) is 2.98. The Morgan fingerprint density at radius 3 is 2.38 bits per heavy atom. The van der Waals surface area contributed by atoms with Crippen molar-refractivity contribution in [2.75, 3.05) is 39.5 Å². The number of methoxy groups -OCH3 is 1. The van der Waals surface area contributed by atoms with E-state index in [1.807, 2.05) is 0 Å². The maximum absolute atomic E-state index is 13.2. The maximum Gasteiger partial charge on any atom is 0.358 e. The van der Waals surface area contributed by atoms with Gasteiger partial charge in [0.05, 0.1) is 16.9 Å². The lowest BCUT2D eigenvalue weighted by molar-refractivity contribution is -0.173. The summed E-state index contributed by atoms with van der Waals surface area (Å²) in [6.07, 6.45) is 0. The largest absolute Gasteiger partial charge is 0.427 e. The lowest BCUT2D eigenvalue weighted by atomic mass is 9.98. The zero-order valence-corrected chi connectivity index (χ0v) is 27.2. The third-order valence-corrected chi connectivity index (χ3v) is 8.87. The van der Waals surface area contributed by atoms with Crippen molar-refractivity contribution in [2.45, 2.75) is 50.9 Å². The van der Waals surface area contributed by atoms with E-state index < -0.39 is 75.6 Å². The van der Waals surface area contributed by atoms with Crippen molar-refractivity contribution in [3.05, 3.63) is 41.1 Å². The molecule has 0 aromatic heterocycles. The molecule has 1 aromatic carbocycles. The van der Waals surface area contributed by atoms with E-state index >= 15 is 0 Å². The molecular weight excluding hydrogens is 634 g/mol. The normalized spacial score (nSPS) is 18.5. The number of β-lactam (4-membered cyclic amide) rings is 1. The Bertz CT molecular complexity index is 1500. The summed E-state index contributed by atoms with van der Waals surface area (Å²) in [7, 11) is -2.93. The molecule has 0 spiro atoms. The third-order valence-electron chi connectivity index (χ3n) is 6.26.